The van der Waals surface area contributed by atoms with Crippen LogP contribution in [0.2, 0.25) is 0 Å². The van der Waals surface area contributed by atoms with Crippen LogP contribution in [0.25, 0.3) is 5.95 Å². The highest BCUT2D eigenvalue weighted by Crippen LogP contribution is 2.11. The number of nitrogens with zero attached hydrogens (tertiary/aromatic N) is 7. The van der Waals surface area contributed by atoms with E-state index < -0.39 is 5.97 Å². The SMILES string of the molecule is CCN(CC)c1nc(N)nc(-n2cnc(C(=O)OC)n2)n1. The van der Waals surface area contributed by atoms with Gasteiger partial charge in [0.25, 0.3) is 11.8 Å². The second-order valence-corrected chi connectivity index (χ2v) is 3.97. The van der Waals surface area contributed by atoms with E-state index in [-0.39, 0.29) is 17.7 Å². The van der Waals surface area contributed by atoms with Crippen LogP contribution < -0.4 is 10.6 Å². The van der Waals surface area contributed by atoms with Gasteiger partial charge in [0.1, 0.15) is 6.33 Å². The Kier molecular flexibility index (Phi) is 4.26. The van der Waals surface area contributed by atoms with Crippen LogP contribution in [0.5, 0.6) is 0 Å². The van der Waals surface area contributed by atoms with E-state index >= 15 is 0 Å². The van der Waals surface area contributed by atoms with Crippen LogP contribution in [-0.2, 0) is 4.74 Å². The largest absolute Gasteiger partial charge is 0.463 e. The van der Waals surface area contributed by atoms with Crippen molar-refractivity contribution in [3.63, 3.8) is 0 Å². The quantitative estimate of drug-likeness (QED) is 0.737. The number of ether oxygens (including phenoxy) is 1. The fourth-order valence-corrected chi connectivity index (χ4v) is 1.66. The van der Waals surface area contributed by atoms with Crippen molar-refractivity contribution in [3.05, 3.63) is 12.2 Å². The zero-order valence-electron chi connectivity index (χ0n) is 12.0. The summed E-state index contributed by atoms with van der Waals surface area (Å²) in [4.78, 5) is 29.4. The first-order valence-corrected chi connectivity index (χ1v) is 6.35. The molecule has 10 heteroatoms. The van der Waals surface area contributed by atoms with E-state index in [1.165, 1.54) is 18.1 Å². The highest BCUT2D eigenvalue weighted by Gasteiger charge is 2.15. The van der Waals surface area contributed by atoms with Gasteiger partial charge in [-0.25, -0.2) is 9.78 Å². The van der Waals surface area contributed by atoms with Crippen LogP contribution in [0.1, 0.15) is 24.5 Å². The van der Waals surface area contributed by atoms with Crippen LogP contribution >= 0.6 is 0 Å². The Morgan fingerprint density at radius 1 is 1.33 bits per heavy atom. The number of methoxy groups -OCH3 is 1. The van der Waals surface area contributed by atoms with Crippen molar-refractivity contribution in [3.8, 4) is 5.95 Å². The van der Waals surface area contributed by atoms with Gasteiger partial charge in [-0.2, -0.15) is 19.6 Å². The summed E-state index contributed by atoms with van der Waals surface area (Å²) in [5.74, 6) is -0.0256. The molecular weight excluding hydrogens is 276 g/mol. The summed E-state index contributed by atoms with van der Waals surface area (Å²) in [6.45, 7) is 5.41. The number of nitrogens with two attached hydrogens (primary N) is 1. The van der Waals surface area contributed by atoms with Gasteiger partial charge in [-0.1, -0.05) is 0 Å². The first-order valence-electron chi connectivity index (χ1n) is 6.35. The Hall–Kier alpha value is -2.78. The van der Waals surface area contributed by atoms with Crippen LogP contribution in [0.4, 0.5) is 11.9 Å². The Bertz CT molecular complexity index is 637. The molecule has 2 heterocycles. The molecule has 2 aromatic heterocycles. The van der Waals surface area contributed by atoms with Crippen LogP contribution in [-0.4, -0.2) is 55.9 Å². The van der Waals surface area contributed by atoms with Crippen LogP contribution in [0.15, 0.2) is 6.33 Å². The summed E-state index contributed by atoms with van der Waals surface area (Å²) in [7, 11) is 1.25. The number of esters is 1. The van der Waals surface area contributed by atoms with E-state index in [4.69, 9.17) is 5.73 Å². The fourth-order valence-electron chi connectivity index (χ4n) is 1.66. The third-order valence-electron chi connectivity index (χ3n) is 2.74. The van der Waals surface area contributed by atoms with Crippen molar-refractivity contribution in [1.29, 1.82) is 0 Å². The molecule has 0 radical (unpaired) electrons. The highest BCUT2D eigenvalue weighted by atomic mass is 16.5. The molecule has 0 aliphatic carbocycles. The maximum Gasteiger partial charge on any atom is 0.377 e. The standard InChI is InChI=1S/C11H16N8O2/c1-4-18(5-2)10-14-9(12)15-11(16-10)19-6-13-7(17-19)8(20)21-3/h6H,4-5H2,1-3H3,(H2,12,14,15,16). The van der Waals surface area contributed by atoms with Gasteiger partial charge >= 0.3 is 5.97 Å². The molecule has 0 bridgehead atoms. The van der Waals surface area contributed by atoms with Crippen molar-refractivity contribution >= 4 is 17.9 Å². The average Bonchev–Trinajstić information content (AvgIpc) is 2.97. The number of hydrogen-bond donors (Lipinski definition) is 1. The van der Waals surface area contributed by atoms with Crippen molar-refractivity contribution in [2.75, 3.05) is 30.8 Å². The molecule has 112 valence electrons. The summed E-state index contributed by atoms with van der Waals surface area (Å²) in [5.41, 5.74) is 5.69. The van der Waals surface area contributed by atoms with Crippen molar-refractivity contribution in [1.82, 2.24) is 29.7 Å². The van der Waals surface area contributed by atoms with Gasteiger partial charge in [-0.05, 0) is 13.8 Å². The number of carbonyl (C=O) groups excluding carboxylic acids is 1. The number of nitrogen functional groups attached to an aromatic ring is 1. The maximum absolute atomic E-state index is 11.3. The Balaban J connectivity index is 2.39. The summed E-state index contributed by atoms with van der Waals surface area (Å²) in [6, 6.07) is 0. The van der Waals surface area contributed by atoms with E-state index in [1.54, 1.807) is 0 Å². The number of hydrogen-bond acceptors (Lipinski definition) is 9. The molecule has 0 saturated heterocycles. The summed E-state index contributed by atoms with van der Waals surface area (Å²) in [5, 5.41) is 3.95. The maximum atomic E-state index is 11.3. The van der Waals surface area contributed by atoms with Gasteiger partial charge in [0.15, 0.2) is 0 Å². The zero-order valence-corrected chi connectivity index (χ0v) is 12.0. The van der Waals surface area contributed by atoms with Crippen LogP contribution in [0.3, 0.4) is 0 Å². The summed E-state index contributed by atoms with van der Waals surface area (Å²) >= 11 is 0. The third kappa shape index (κ3) is 3.04. The predicted octanol–water partition coefficient (Wildman–Crippen LogP) is -0.333. The molecule has 0 aliphatic rings. The van der Waals surface area contributed by atoms with Crippen molar-refractivity contribution in [2.24, 2.45) is 0 Å². The van der Waals surface area contributed by atoms with E-state index in [0.29, 0.717) is 5.95 Å². The van der Waals surface area contributed by atoms with E-state index in [1.807, 2.05) is 18.7 Å². The first-order chi connectivity index (χ1) is 10.1. The van der Waals surface area contributed by atoms with Gasteiger partial charge < -0.3 is 15.4 Å². The summed E-state index contributed by atoms with van der Waals surface area (Å²) < 4.78 is 5.79. The lowest BCUT2D eigenvalue weighted by Crippen LogP contribution is -2.25. The molecule has 0 fully saturated rings. The first kappa shape index (κ1) is 14.6. The minimum absolute atomic E-state index is 0.0667. The van der Waals surface area contributed by atoms with E-state index in [0.717, 1.165) is 13.1 Å². The number of carbonyl (C=O) groups is 1. The lowest BCUT2D eigenvalue weighted by Gasteiger charge is -2.18. The monoisotopic (exact) mass is 292 g/mol. The van der Waals surface area contributed by atoms with Gasteiger partial charge in [-0.15, -0.1) is 5.10 Å². The molecule has 0 amide bonds. The second-order valence-electron chi connectivity index (χ2n) is 3.97. The van der Waals surface area contributed by atoms with E-state index in [9.17, 15) is 4.79 Å². The van der Waals surface area contributed by atoms with Gasteiger partial charge in [-0.3, -0.25) is 0 Å². The average molecular weight is 292 g/mol. The minimum atomic E-state index is -0.639. The molecule has 0 saturated carbocycles. The number of anilines is 2. The second kappa shape index (κ2) is 6.11. The Morgan fingerprint density at radius 2 is 2.05 bits per heavy atom. The Labute approximate surface area is 121 Å². The molecule has 21 heavy (non-hydrogen) atoms. The van der Waals surface area contributed by atoms with Crippen molar-refractivity contribution in [2.45, 2.75) is 13.8 Å². The number of aromatic nitrogens is 6. The normalized spacial score (nSPS) is 10.4. The highest BCUT2D eigenvalue weighted by molar-refractivity contribution is 5.84. The minimum Gasteiger partial charge on any atom is -0.463 e. The molecule has 0 spiro atoms. The molecule has 0 aromatic carbocycles. The van der Waals surface area contributed by atoms with Gasteiger partial charge in [0, 0.05) is 13.1 Å². The zero-order chi connectivity index (χ0) is 15.4. The topological polar surface area (TPSA) is 125 Å². The number of rotatable bonds is 5. The Morgan fingerprint density at radius 3 is 2.67 bits per heavy atom. The van der Waals surface area contributed by atoms with Gasteiger partial charge in [0.2, 0.25) is 11.9 Å². The molecule has 0 atom stereocenters. The molecule has 2 aromatic rings. The third-order valence-corrected chi connectivity index (χ3v) is 2.74. The molecule has 2 N–H and O–H groups in total. The summed E-state index contributed by atoms with van der Waals surface area (Å²) in [6.07, 6.45) is 1.31. The van der Waals surface area contributed by atoms with Crippen molar-refractivity contribution < 1.29 is 9.53 Å². The van der Waals surface area contributed by atoms with E-state index in [2.05, 4.69) is 29.8 Å². The fraction of sp³-hybridized carbons (Fsp3) is 0.455. The molecular formula is C11H16N8O2. The lowest BCUT2D eigenvalue weighted by atomic mass is 10.5. The molecule has 2 rings (SSSR count). The lowest BCUT2D eigenvalue weighted by molar-refractivity contribution is 0.0587. The van der Waals surface area contributed by atoms with Gasteiger partial charge in [0.05, 0.1) is 7.11 Å². The molecule has 10 nitrogen and oxygen atoms in total. The molecule has 0 aliphatic heterocycles. The smallest absolute Gasteiger partial charge is 0.377 e. The van der Waals surface area contributed by atoms with Crippen LogP contribution in [0, 0.1) is 0 Å². The predicted molar refractivity (Wildman–Crippen MR) is 74.1 cm³/mol. The molecule has 0 unspecified atom stereocenters.